The number of ether oxygens (including phenoxy) is 1. The summed E-state index contributed by atoms with van der Waals surface area (Å²) in [6.45, 7) is 0. The Balaban J connectivity index is 1.71. The molecule has 0 radical (unpaired) electrons. The molecule has 0 fully saturated rings. The Morgan fingerprint density at radius 1 is 0.833 bits per heavy atom. The van der Waals surface area contributed by atoms with Crippen LogP contribution >= 0.6 is 0 Å². The zero-order valence-electron chi connectivity index (χ0n) is 15.7. The van der Waals surface area contributed by atoms with Crippen LogP contribution < -0.4 is 4.74 Å². The van der Waals surface area contributed by atoms with Gasteiger partial charge in [-0.1, -0.05) is 72.8 Å². The maximum atomic E-state index is 12.8. The highest BCUT2D eigenvalue weighted by Crippen LogP contribution is 2.25. The third-order valence-electron chi connectivity index (χ3n) is 4.29. The number of rotatable bonds is 7. The molecule has 0 aliphatic rings. The van der Waals surface area contributed by atoms with Crippen molar-refractivity contribution in [2.75, 3.05) is 0 Å². The topological polar surface area (TPSA) is 46.5 Å². The van der Waals surface area contributed by atoms with E-state index in [-0.39, 0.29) is 12.2 Å². The van der Waals surface area contributed by atoms with Crippen LogP contribution in [-0.4, -0.2) is 11.1 Å². The Hall–Kier alpha value is -3.80. The smallest absolute Gasteiger partial charge is 0.344 e. The van der Waals surface area contributed by atoms with Gasteiger partial charge < -0.3 is 9.84 Å². The molecule has 0 heterocycles. The van der Waals surface area contributed by atoms with Gasteiger partial charge in [0.25, 0.3) is 0 Å². The zero-order chi connectivity index (χ0) is 21.5. The number of hydrogen-bond donors (Lipinski definition) is 1. The molecule has 3 aromatic rings. The largest absolute Gasteiger partial charge is 0.481 e. The quantitative estimate of drug-likeness (QED) is 0.354. The van der Waals surface area contributed by atoms with Gasteiger partial charge in [-0.2, -0.15) is 13.2 Å². The molecule has 152 valence electrons. The van der Waals surface area contributed by atoms with Crippen molar-refractivity contribution < 1.29 is 27.8 Å². The molecule has 0 aliphatic carbocycles. The van der Waals surface area contributed by atoms with Gasteiger partial charge >= 0.3 is 18.1 Å². The molecule has 0 aromatic heterocycles. The van der Waals surface area contributed by atoms with E-state index >= 15 is 0 Å². The number of aliphatic carboxylic acids is 1. The van der Waals surface area contributed by atoms with Gasteiger partial charge in [0.1, 0.15) is 5.75 Å². The summed E-state index contributed by atoms with van der Waals surface area (Å²) in [5, 5.41) is 9.07. The highest BCUT2D eigenvalue weighted by molar-refractivity contribution is 5.77. The van der Waals surface area contributed by atoms with Crippen LogP contribution in [-0.2, 0) is 11.2 Å². The first kappa shape index (κ1) is 20.9. The van der Waals surface area contributed by atoms with Gasteiger partial charge in [0.2, 0.25) is 0 Å². The van der Waals surface area contributed by atoms with Gasteiger partial charge in [-0.25, -0.2) is 0 Å². The minimum atomic E-state index is -2.51. The highest BCUT2D eigenvalue weighted by Gasteiger charge is 2.08. The van der Waals surface area contributed by atoms with E-state index in [2.05, 4.69) is 4.74 Å². The van der Waals surface area contributed by atoms with Gasteiger partial charge in [-0.3, -0.25) is 4.79 Å². The number of carbonyl (C=O) groups is 1. The van der Waals surface area contributed by atoms with Crippen molar-refractivity contribution in [1.29, 1.82) is 0 Å². The fraction of sp³-hybridized carbons (Fsp3) is 0.0417. The number of halogens is 3. The standard InChI is InChI=1S/C24H17F3O3/c25-23(26)24(27)30-20-13-9-17(10-14-20)6-5-16-7-11-18(12-8-16)21-4-2-1-3-19(21)15-22(28)29/h1-14H,15H2,(H,28,29)/b6-5+. The molecule has 0 unspecified atom stereocenters. The number of benzene rings is 3. The summed E-state index contributed by atoms with van der Waals surface area (Å²) in [6, 6.07) is 19.1. The van der Waals surface area contributed by atoms with Crippen LogP contribution in [0.2, 0.25) is 0 Å². The second-order valence-electron chi connectivity index (χ2n) is 6.39. The molecular weight excluding hydrogens is 393 g/mol. The van der Waals surface area contributed by atoms with Crippen LogP contribution in [0.3, 0.4) is 0 Å². The lowest BCUT2D eigenvalue weighted by molar-refractivity contribution is -0.136. The van der Waals surface area contributed by atoms with E-state index < -0.39 is 18.1 Å². The monoisotopic (exact) mass is 410 g/mol. The summed E-state index contributed by atoms with van der Waals surface area (Å²) < 4.78 is 41.3. The third kappa shape index (κ3) is 5.61. The summed E-state index contributed by atoms with van der Waals surface area (Å²) in [5.74, 6) is -0.908. The van der Waals surface area contributed by atoms with Crippen LogP contribution in [0.15, 0.2) is 84.9 Å². The number of hydrogen-bond acceptors (Lipinski definition) is 2. The van der Waals surface area contributed by atoms with Gasteiger partial charge in [-0.15, -0.1) is 0 Å². The fourth-order valence-electron chi connectivity index (χ4n) is 2.87. The third-order valence-corrected chi connectivity index (χ3v) is 4.29. The molecule has 3 rings (SSSR count). The van der Waals surface area contributed by atoms with E-state index in [9.17, 15) is 18.0 Å². The van der Waals surface area contributed by atoms with E-state index in [0.29, 0.717) is 0 Å². The van der Waals surface area contributed by atoms with Crippen molar-refractivity contribution in [1.82, 2.24) is 0 Å². The van der Waals surface area contributed by atoms with E-state index in [4.69, 9.17) is 5.11 Å². The lowest BCUT2D eigenvalue weighted by atomic mass is 9.97. The minimum Gasteiger partial charge on any atom is -0.481 e. The molecule has 0 atom stereocenters. The fourth-order valence-corrected chi connectivity index (χ4v) is 2.87. The molecule has 0 aliphatic heterocycles. The molecule has 0 spiro atoms. The number of carboxylic acids is 1. The average molecular weight is 410 g/mol. The summed E-state index contributed by atoms with van der Waals surface area (Å²) in [6.07, 6.45) is 1.13. The molecule has 0 saturated heterocycles. The van der Waals surface area contributed by atoms with Gasteiger partial charge in [0.15, 0.2) is 0 Å². The first-order chi connectivity index (χ1) is 14.4. The van der Waals surface area contributed by atoms with Gasteiger partial charge in [0, 0.05) is 0 Å². The van der Waals surface area contributed by atoms with E-state index in [0.717, 1.165) is 27.8 Å². The van der Waals surface area contributed by atoms with Crippen LogP contribution in [0.4, 0.5) is 13.2 Å². The predicted molar refractivity (Wildman–Crippen MR) is 110 cm³/mol. The average Bonchev–Trinajstić information content (AvgIpc) is 2.73. The van der Waals surface area contributed by atoms with Crippen molar-refractivity contribution in [2.45, 2.75) is 6.42 Å². The Bertz CT molecular complexity index is 1080. The first-order valence-electron chi connectivity index (χ1n) is 8.99. The van der Waals surface area contributed by atoms with Crippen molar-refractivity contribution in [3.8, 4) is 16.9 Å². The molecule has 3 aromatic carbocycles. The molecule has 6 heteroatoms. The molecule has 30 heavy (non-hydrogen) atoms. The van der Waals surface area contributed by atoms with E-state index in [1.807, 2.05) is 54.6 Å². The summed E-state index contributed by atoms with van der Waals surface area (Å²) >= 11 is 0. The summed E-state index contributed by atoms with van der Waals surface area (Å²) in [4.78, 5) is 11.1. The Labute approximate surface area is 171 Å². The zero-order valence-corrected chi connectivity index (χ0v) is 15.7. The molecular formula is C24H17F3O3. The van der Waals surface area contributed by atoms with Crippen LogP contribution in [0, 0.1) is 0 Å². The van der Waals surface area contributed by atoms with Crippen molar-refractivity contribution in [2.24, 2.45) is 0 Å². The Morgan fingerprint density at radius 2 is 1.40 bits per heavy atom. The minimum absolute atomic E-state index is 0.0261. The maximum Gasteiger partial charge on any atom is 0.344 e. The normalized spacial score (nSPS) is 10.8. The predicted octanol–water partition coefficient (Wildman–Crippen LogP) is 6.57. The highest BCUT2D eigenvalue weighted by atomic mass is 19.3. The Morgan fingerprint density at radius 3 is 1.97 bits per heavy atom. The van der Waals surface area contributed by atoms with Gasteiger partial charge in [-0.05, 0) is 39.9 Å². The van der Waals surface area contributed by atoms with Crippen LogP contribution in [0.5, 0.6) is 5.75 Å². The number of carboxylic acid groups (broad SMARTS) is 1. The second kappa shape index (κ2) is 9.60. The van der Waals surface area contributed by atoms with E-state index in [1.54, 1.807) is 18.2 Å². The first-order valence-corrected chi connectivity index (χ1v) is 8.99. The van der Waals surface area contributed by atoms with Crippen LogP contribution in [0.1, 0.15) is 16.7 Å². The van der Waals surface area contributed by atoms with Crippen molar-refractivity contribution in [3.63, 3.8) is 0 Å². The molecule has 0 saturated carbocycles. The van der Waals surface area contributed by atoms with Crippen molar-refractivity contribution in [3.05, 3.63) is 102 Å². The maximum absolute atomic E-state index is 12.8. The summed E-state index contributed by atoms with van der Waals surface area (Å²) in [5.41, 5.74) is 4.24. The lowest BCUT2D eigenvalue weighted by Gasteiger charge is -2.08. The molecule has 0 amide bonds. The molecule has 0 bridgehead atoms. The molecule has 1 N–H and O–H groups in total. The summed E-state index contributed by atoms with van der Waals surface area (Å²) in [7, 11) is 0. The van der Waals surface area contributed by atoms with Gasteiger partial charge in [0.05, 0.1) is 6.42 Å². The second-order valence-corrected chi connectivity index (χ2v) is 6.39. The van der Waals surface area contributed by atoms with E-state index in [1.165, 1.54) is 12.1 Å². The SMILES string of the molecule is O=C(O)Cc1ccccc1-c1ccc(/C=C/c2ccc(OC(F)=C(F)F)cc2)cc1. The van der Waals surface area contributed by atoms with Crippen LogP contribution in [0.25, 0.3) is 23.3 Å². The van der Waals surface area contributed by atoms with Crippen molar-refractivity contribution >= 4 is 18.1 Å². The lowest BCUT2D eigenvalue weighted by Crippen LogP contribution is -2.01. The Kier molecular flexibility index (Phi) is 6.70. The molecule has 3 nitrogen and oxygen atoms in total.